The third kappa shape index (κ3) is 4.48. The number of urea groups is 1. The van der Waals surface area contributed by atoms with Crippen LogP contribution in [0.15, 0.2) is 24.3 Å². The van der Waals surface area contributed by atoms with Gasteiger partial charge in [0.05, 0.1) is 19.2 Å². The maximum atomic E-state index is 12.5. The van der Waals surface area contributed by atoms with Gasteiger partial charge in [-0.05, 0) is 38.0 Å². The molecular formula is C19H22N4O4S. The van der Waals surface area contributed by atoms with Crippen LogP contribution in [0.25, 0.3) is 0 Å². The zero-order valence-electron chi connectivity index (χ0n) is 15.9. The van der Waals surface area contributed by atoms with E-state index < -0.39 is 12.1 Å². The molecule has 1 aromatic carbocycles. The van der Waals surface area contributed by atoms with Gasteiger partial charge in [0.15, 0.2) is 5.13 Å². The van der Waals surface area contributed by atoms with E-state index in [0.29, 0.717) is 11.6 Å². The van der Waals surface area contributed by atoms with Crippen LogP contribution in [0.2, 0.25) is 0 Å². The van der Waals surface area contributed by atoms with Gasteiger partial charge in [0, 0.05) is 11.4 Å². The molecular weight excluding hydrogens is 380 g/mol. The van der Waals surface area contributed by atoms with Crippen LogP contribution in [0.4, 0.5) is 9.93 Å². The average molecular weight is 402 g/mol. The summed E-state index contributed by atoms with van der Waals surface area (Å²) in [6.45, 7) is 4.03. The third-order valence-electron chi connectivity index (χ3n) is 4.55. The summed E-state index contributed by atoms with van der Waals surface area (Å²) >= 11 is 1.38. The number of rotatable bonds is 7. The SMILES string of the molecule is COc1ccc(CCN2C(=O)N[C@@H](CC(=O)Nc3nc(C)c(C)s3)C2=O)cc1. The van der Waals surface area contributed by atoms with Crippen LogP contribution in [-0.4, -0.2) is 47.4 Å². The number of aromatic nitrogens is 1. The first kappa shape index (κ1) is 19.8. The standard InChI is InChI=1S/C19H22N4O4S/c1-11-12(2)28-18(20-11)22-16(24)10-15-17(25)23(19(26)21-15)9-8-13-4-6-14(27-3)7-5-13/h4-7,15H,8-10H2,1-3H3,(H,21,26)(H,20,22,24)/t15-/m0/s1. The predicted octanol–water partition coefficient (Wildman–Crippen LogP) is 2.26. The molecule has 2 heterocycles. The minimum absolute atomic E-state index is 0.124. The van der Waals surface area contributed by atoms with Gasteiger partial charge in [0.25, 0.3) is 5.91 Å². The molecule has 0 spiro atoms. The van der Waals surface area contributed by atoms with Crippen LogP contribution in [0.5, 0.6) is 5.75 Å². The fourth-order valence-electron chi connectivity index (χ4n) is 2.84. The molecule has 1 aliphatic heterocycles. The first-order chi connectivity index (χ1) is 13.4. The lowest BCUT2D eigenvalue weighted by Crippen LogP contribution is -2.34. The van der Waals surface area contributed by atoms with E-state index in [1.165, 1.54) is 11.3 Å². The predicted molar refractivity (Wildman–Crippen MR) is 106 cm³/mol. The zero-order valence-corrected chi connectivity index (χ0v) is 16.8. The van der Waals surface area contributed by atoms with Crippen molar-refractivity contribution >= 4 is 34.3 Å². The van der Waals surface area contributed by atoms with Gasteiger partial charge in [-0.15, -0.1) is 11.3 Å². The molecule has 0 saturated carbocycles. The van der Waals surface area contributed by atoms with E-state index in [1.54, 1.807) is 7.11 Å². The number of thiazole rings is 1. The van der Waals surface area contributed by atoms with E-state index in [2.05, 4.69) is 15.6 Å². The van der Waals surface area contributed by atoms with Gasteiger partial charge >= 0.3 is 6.03 Å². The summed E-state index contributed by atoms with van der Waals surface area (Å²) in [6, 6.07) is 6.11. The Morgan fingerprint density at radius 2 is 2.00 bits per heavy atom. The smallest absolute Gasteiger partial charge is 0.324 e. The third-order valence-corrected chi connectivity index (χ3v) is 5.54. The Balaban J connectivity index is 1.54. The largest absolute Gasteiger partial charge is 0.497 e. The lowest BCUT2D eigenvalue weighted by molar-refractivity contribution is -0.129. The van der Waals surface area contributed by atoms with E-state index in [4.69, 9.17) is 4.74 Å². The van der Waals surface area contributed by atoms with Crippen LogP contribution in [0, 0.1) is 13.8 Å². The van der Waals surface area contributed by atoms with Crippen LogP contribution in [0.1, 0.15) is 22.6 Å². The number of imide groups is 1. The molecule has 2 aromatic rings. The molecule has 1 atom stereocenters. The van der Waals surface area contributed by atoms with Crippen LogP contribution in [-0.2, 0) is 16.0 Å². The Morgan fingerprint density at radius 3 is 2.61 bits per heavy atom. The highest BCUT2D eigenvalue weighted by Crippen LogP contribution is 2.21. The fraction of sp³-hybridized carbons (Fsp3) is 0.368. The van der Waals surface area contributed by atoms with Crippen molar-refractivity contribution in [2.24, 2.45) is 0 Å². The Morgan fingerprint density at radius 1 is 1.29 bits per heavy atom. The summed E-state index contributed by atoms with van der Waals surface area (Å²) < 4.78 is 5.11. The summed E-state index contributed by atoms with van der Waals surface area (Å²) in [5.41, 5.74) is 1.84. The summed E-state index contributed by atoms with van der Waals surface area (Å²) in [5, 5.41) is 5.76. The van der Waals surface area contributed by atoms with Crippen LogP contribution in [0.3, 0.4) is 0 Å². The van der Waals surface area contributed by atoms with Gasteiger partial charge in [-0.3, -0.25) is 14.5 Å². The molecule has 9 heteroatoms. The number of carbonyl (C=O) groups excluding carboxylic acids is 3. The van der Waals surface area contributed by atoms with Gasteiger partial charge in [-0.2, -0.15) is 0 Å². The van der Waals surface area contributed by atoms with Crippen molar-refractivity contribution in [3.8, 4) is 5.75 Å². The van der Waals surface area contributed by atoms with E-state index in [9.17, 15) is 14.4 Å². The lowest BCUT2D eigenvalue weighted by Gasteiger charge is -2.13. The molecule has 0 unspecified atom stereocenters. The van der Waals surface area contributed by atoms with E-state index >= 15 is 0 Å². The van der Waals surface area contributed by atoms with Gasteiger partial charge in [-0.25, -0.2) is 9.78 Å². The van der Waals surface area contributed by atoms with Gasteiger partial charge in [-0.1, -0.05) is 12.1 Å². The Kier molecular flexibility index (Phi) is 5.93. The number of hydrogen-bond acceptors (Lipinski definition) is 6. The number of nitrogens with zero attached hydrogens (tertiary/aromatic N) is 2. The minimum atomic E-state index is -0.856. The highest BCUT2D eigenvalue weighted by Gasteiger charge is 2.38. The van der Waals surface area contributed by atoms with Crippen LogP contribution < -0.4 is 15.4 Å². The number of methoxy groups -OCH3 is 1. The molecule has 1 aromatic heterocycles. The highest BCUT2D eigenvalue weighted by atomic mass is 32.1. The molecule has 148 valence electrons. The molecule has 1 fully saturated rings. The Hall–Kier alpha value is -2.94. The van der Waals surface area contributed by atoms with E-state index in [-0.39, 0.29) is 24.8 Å². The number of anilines is 1. The Bertz CT molecular complexity index is 874. The van der Waals surface area contributed by atoms with Gasteiger partial charge in [0.2, 0.25) is 5.91 Å². The van der Waals surface area contributed by atoms with Crippen molar-refractivity contribution < 1.29 is 19.1 Å². The molecule has 0 aliphatic carbocycles. The fourth-order valence-corrected chi connectivity index (χ4v) is 3.67. The summed E-state index contributed by atoms with van der Waals surface area (Å²) in [4.78, 5) is 43.3. The molecule has 3 rings (SSSR count). The molecule has 28 heavy (non-hydrogen) atoms. The normalized spacial score (nSPS) is 16.2. The summed E-state index contributed by atoms with van der Waals surface area (Å²) in [7, 11) is 1.59. The first-order valence-electron chi connectivity index (χ1n) is 8.86. The molecule has 8 nitrogen and oxygen atoms in total. The maximum Gasteiger partial charge on any atom is 0.324 e. The molecule has 4 amide bonds. The number of benzene rings is 1. The minimum Gasteiger partial charge on any atom is -0.497 e. The van der Waals surface area contributed by atoms with Gasteiger partial charge < -0.3 is 15.4 Å². The molecule has 0 radical (unpaired) electrons. The second kappa shape index (κ2) is 8.39. The maximum absolute atomic E-state index is 12.5. The van der Waals surface area contributed by atoms with Crippen molar-refractivity contribution in [2.75, 3.05) is 19.0 Å². The highest BCUT2D eigenvalue weighted by molar-refractivity contribution is 7.15. The second-order valence-electron chi connectivity index (χ2n) is 6.50. The van der Waals surface area contributed by atoms with Crippen molar-refractivity contribution in [3.63, 3.8) is 0 Å². The van der Waals surface area contributed by atoms with Crippen molar-refractivity contribution in [2.45, 2.75) is 32.7 Å². The number of hydrogen-bond donors (Lipinski definition) is 2. The molecule has 1 saturated heterocycles. The average Bonchev–Trinajstić information content (AvgIpc) is 3.11. The monoisotopic (exact) mass is 402 g/mol. The van der Waals surface area contributed by atoms with Crippen molar-refractivity contribution in [1.82, 2.24) is 15.2 Å². The summed E-state index contributed by atoms with van der Waals surface area (Å²) in [5.74, 6) is 0.00000216. The molecule has 1 aliphatic rings. The lowest BCUT2D eigenvalue weighted by atomic mass is 10.1. The number of ether oxygens (including phenoxy) is 1. The quantitative estimate of drug-likeness (QED) is 0.692. The van der Waals surface area contributed by atoms with E-state index in [1.807, 2.05) is 38.1 Å². The number of carbonyl (C=O) groups is 3. The Labute approximate surface area is 166 Å². The summed E-state index contributed by atoms with van der Waals surface area (Å²) in [6.07, 6.45) is 0.404. The van der Waals surface area contributed by atoms with Crippen LogP contribution >= 0.6 is 11.3 Å². The first-order valence-corrected chi connectivity index (χ1v) is 9.67. The molecule has 0 bridgehead atoms. The number of nitrogens with one attached hydrogen (secondary N) is 2. The topological polar surface area (TPSA) is 101 Å². The number of amides is 4. The number of aryl methyl sites for hydroxylation is 2. The second-order valence-corrected chi connectivity index (χ2v) is 7.71. The zero-order chi connectivity index (χ0) is 20.3. The van der Waals surface area contributed by atoms with E-state index in [0.717, 1.165) is 26.8 Å². The van der Waals surface area contributed by atoms with Gasteiger partial charge in [0.1, 0.15) is 11.8 Å². The molecule has 2 N–H and O–H groups in total. The van der Waals surface area contributed by atoms with Crippen molar-refractivity contribution in [1.29, 1.82) is 0 Å². The van der Waals surface area contributed by atoms with Crippen molar-refractivity contribution in [3.05, 3.63) is 40.4 Å².